The molecule has 110 valence electrons. The molecule has 1 aliphatic rings. The largest absolute Gasteiger partial charge is 0.593 e. The number of hydrogen-bond acceptors (Lipinski definition) is 4. The monoisotopic (exact) mass is 295 g/mol. The third kappa shape index (κ3) is 3.34. The van der Waals surface area contributed by atoms with E-state index in [1.807, 2.05) is 25.1 Å². The Morgan fingerprint density at radius 1 is 1.45 bits per heavy atom. The quantitative estimate of drug-likeness (QED) is 0.629. The molecular formula is C15H21NO3S. The van der Waals surface area contributed by atoms with E-state index in [1.54, 1.807) is 18.4 Å². The third-order valence-electron chi connectivity index (χ3n) is 3.56. The van der Waals surface area contributed by atoms with E-state index in [9.17, 15) is 9.35 Å². The van der Waals surface area contributed by atoms with E-state index in [1.165, 1.54) is 11.1 Å². The van der Waals surface area contributed by atoms with Gasteiger partial charge < -0.3 is 9.29 Å². The Morgan fingerprint density at radius 3 is 2.85 bits per heavy atom. The molecule has 20 heavy (non-hydrogen) atoms. The minimum absolute atomic E-state index is 0.0346. The van der Waals surface area contributed by atoms with E-state index in [0.29, 0.717) is 6.61 Å². The van der Waals surface area contributed by atoms with Crippen LogP contribution in [0.15, 0.2) is 23.1 Å². The van der Waals surface area contributed by atoms with Crippen molar-refractivity contribution in [2.45, 2.75) is 31.1 Å². The topological polar surface area (TPSA) is 52.6 Å². The van der Waals surface area contributed by atoms with Gasteiger partial charge in [0.1, 0.15) is 0 Å². The fourth-order valence-electron chi connectivity index (χ4n) is 2.51. The maximum absolute atomic E-state index is 12.1. The van der Waals surface area contributed by atoms with Crippen molar-refractivity contribution in [2.75, 3.05) is 20.7 Å². The van der Waals surface area contributed by atoms with E-state index in [4.69, 9.17) is 4.74 Å². The van der Waals surface area contributed by atoms with Crippen LogP contribution in [0.3, 0.4) is 0 Å². The van der Waals surface area contributed by atoms with E-state index in [2.05, 4.69) is 0 Å². The van der Waals surface area contributed by atoms with Gasteiger partial charge in [0.2, 0.25) is 0 Å². The molecule has 0 N–H and O–H groups in total. The van der Waals surface area contributed by atoms with Gasteiger partial charge >= 0.3 is 5.97 Å². The van der Waals surface area contributed by atoms with Crippen molar-refractivity contribution in [1.29, 1.82) is 0 Å². The molecule has 2 atom stereocenters. The lowest BCUT2D eigenvalue weighted by Gasteiger charge is -2.24. The van der Waals surface area contributed by atoms with Crippen molar-refractivity contribution in [2.24, 2.45) is 5.92 Å². The minimum atomic E-state index is -1.11. The summed E-state index contributed by atoms with van der Waals surface area (Å²) < 4.78 is 18.8. The SMILES string of the molecule is CCOC(=O)C1CCc2cc([S+]([O-])N(C)C)ccc2C1. The number of rotatable bonds is 4. The van der Waals surface area contributed by atoms with Gasteiger partial charge in [-0.3, -0.25) is 4.79 Å². The van der Waals surface area contributed by atoms with Crippen molar-refractivity contribution in [3.63, 3.8) is 0 Å². The highest BCUT2D eigenvalue weighted by Gasteiger charge is 2.27. The van der Waals surface area contributed by atoms with Gasteiger partial charge in [-0.15, -0.1) is 4.31 Å². The van der Waals surface area contributed by atoms with Gasteiger partial charge in [-0.25, -0.2) is 0 Å². The number of benzene rings is 1. The van der Waals surface area contributed by atoms with E-state index >= 15 is 0 Å². The van der Waals surface area contributed by atoms with Crippen LogP contribution in [0.5, 0.6) is 0 Å². The fraction of sp³-hybridized carbons (Fsp3) is 0.533. The number of carbonyl (C=O) groups is 1. The molecule has 5 heteroatoms. The second kappa shape index (κ2) is 6.61. The summed E-state index contributed by atoms with van der Waals surface area (Å²) in [5.74, 6) is -0.133. The standard InChI is InChI=1S/C15H21NO3S/c1-4-19-15(17)13-6-5-12-10-14(20(18)16(2)3)8-7-11(12)9-13/h7-8,10,13H,4-6,9H2,1-3H3. The first-order chi connectivity index (χ1) is 9.52. The molecule has 0 radical (unpaired) electrons. The molecule has 1 aliphatic carbocycles. The van der Waals surface area contributed by atoms with Crippen molar-refractivity contribution in [3.05, 3.63) is 29.3 Å². The average Bonchev–Trinajstić information content (AvgIpc) is 2.45. The predicted octanol–water partition coefficient (Wildman–Crippen LogP) is 1.94. The van der Waals surface area contributed by atoms with Crippen LogP contribution < -0.4 is 0 Å². The fourth-order valence-corrected chi connectivity index (χ4v) is 3.36. The number of hydrogen-bond donors (Lipinski definition) is 0. The predicted molar refractivity (Wildman–Crippen MR) is 78.7 cm³/mol. The van der Waals surface area contributed by atoms with Crippen molar-refractivity contribution >= 4 is 17.3 Å². The molecule has 0 fully saturated rings. The molecule has 0 amide bonds. The molecule has 4 nitrogen and oxygen atoms in total. The lowest BCUT2D eigenvalue weighted by molar-refractivity contribution is -0.148. The third-order valence-corrected chi connectivity index (χ3v) is 4.88. The Morgan fingerprint density at radius 2 is 2.20 bits per heavy atom. The zero-order valence-corrected chi connectivity index (χ0v) is 13.0. The molecule has 0 aromatic heterocycles. The molecule has 1 aromatic rings. The van der Waals surface area contributed by atoms with Crippen molar-refractivity contribution in [1.82, 2.24) is 4.31 Å². The molecule has 2 rings (SSSR count). The van der Waals surface area contributed by atoms with Crippen LogP contribution in [0.4, 0.5) is 0 Å². The number of nitrogens with zero attached hydrogens (tertiary/aromatic N) is 1. The number of fused-ring (bicyclic) bond motifs is 1. The molecule has 0 saturated heterocycles. The molecule has 0 bridgehead atoms. The normalized spacial score (nSPS) is 19.6. The Kier molecular flexibility index (Phi) is 5.07. The van der Waals surface area contributed by atoms with E-state index in [0.717, 1.165) is 24.2 Å². The summed E-state index contributed by atoms with van der Waals surface area (Å²) in [7, 11) is 3.60. The second-order valence-electron chi connectivity index (χ2n) is 5.18. The summed E-state index contributed by atoms with van der Waals surface area (Å²) in [6.45, 7) is 2.26. The van der Waals surface area contributed by atoms with Crippen LogP contribution in [0.2, 0.25) is 0 Å². The first-order valence-electron chi connectivity index (χ1n) is 6.90. The maximum atomic E-state index is 12.1. The summed E-state index contributed by atoms with van der Waals surface area (Å²) in [6.07, 6.45) is 2.38. The van der Waals surface area contributed by atoms with Gasteiger partial charge in [-0.2, -0.15) is 0 Å². The minimum Gasteiger partial charge on any atom is -0.593 e. The highest BCUT2D eigenvalue weighted by molar-refractivity contribution is 7.89. The molecule has 0 saturated carbocycles. The molecule has 0 spiro atoms. The molecule has 0 heterocycles. The molecule has 0 aliphatic heterocycles. The number of ether oxygens (including phenoxy) is 1. The van der Waals surface area contributed by atoms with Crippen LogP contribution in [0, 0.1) is 5.92 Å². The van der Waals surface area contributed by atoms with Crippen molar-refractivity contribution in [3.8, 4) is 0 Å². The van der Waals surface area contributed by atoms with Crippen LogP contribution in [0.1, 0.15) is 24.5 Å². The van der Waals surface area contributed by atoms with Crippen LogP contribution in [-0.2, 0) is 33.7 Å². The summed E-state index contributed by atoms with van der Waals surface area (Å²) in [5, 5.41) is 0. The van der Waals surface area contributed by atoms with Crippen LogP contribution >= 0.6 is 0 Å². The Labute approximate surface area is 123 Å². The van der Waals surface area contributed by atoms with Gasteiger partial charge in [0.15, 0.2) is 4.90 Å². The lowest BCUT2D eigenvalue weighted by Crippen LogP contribution is -2.26. The second-order valence-corrected chi connectivity index (χ2v) is 6.88. The summed E-state index contributed by atoms with van der Waals surface area (Å²) in [6, 6.07) is 5.90. The molecule has 1 aromatic carbocycles. The van der Waals surface area contributed by atoms with E-state index < -0.39 is 11.4 Å². The van der Waals surface area contributed by atoms with Gasteiger partial charge in [0.25, 0.3) is 0 Å². The zero-order chi connectivity index (χ0) is 14.7. The Balaban J connectivity index is 2.13. The average molecular weight is 295 g/mol. The summed E-state index contributed by atoms with van der Waals surface area (Å²) in [5.41, 5.74) is 2.38. The Hall–Kier alpha value is -1.04. The number of aryl methyl sites for hydroxylation is 1. The molecule has 2 unspecified atom stereocenters. The Bertz CT molecular complexity index is 490. The summed E-state index contributed by atoms with van der Waals surface area (Å²) in [4.78, 5) is 12.6. The van der Waals surface area contributed by atoms with Gasteiger partial charge in [-0.05, 0) is 49.4 Å². The maximum Gasteiger partial charge on any atom is 0.309 e. The van der Waals surface area contributed by atoms with E-state index in [-0.39, 0.29) is 11.9 Å². The zero-order valence-electron chi connectivity index (χ0n) is 12.2. The highest BCUT2D eigenvalue weighted by Crippen LogP contribution is 2.29. The van der Waals surface area contributed by atoms with Gasteiger partial charge in [-0.1, -0.05) is 6.07 Å². The lowest BCUT2D eigenvalue weighted by atomic mass is 9.84. The van der Waals surface area contributed by atoms with Crippen LogP contribution in [0.25, 0.3) is 0 Å². The first kappa shape index (κ1) is 15.4. The number of esters is 1. The van der Waals surface area contributed by atoms with Gasteiger partial charge in [0.05, 0.1) is 23.9 Å². The van der Waals surface area contributed by atoms with Gasteiger partial charge in [0, 0.05) is 14.1 Å². The van der Waals surface area contributed by atoms with Crippen molar-refractivity contribution < 1.29 is 14.1 Å². The van der Waals surface area contributed by atoms with Crippen LogP contribution in [-0.4, -0.2) is 35.5 Å². The highest BCUT2D eigenvalue weighted by atomic mass is 32.2. The smallest absolute Gasteiger partial charge is 0.309 e. The number of carbonyl (C=O) groups excluding carboxylic acids is 1. The first-order valence-corrected chi connectivity index (χ1v) is 8.01. The summed E-state index contributed by atoms with van der Waals surface area (Å²) >= 11 is -1.11. The molecular weight excluding hydrogens is 274 g/mol.